The first kappa shape index (κ1) is 16.5. The van der Waals surface area contributed by atoms with E-state index in [4.69, 9.17) is 0 Å². The quantitative estimate of drug-likeness (QED) is 0.363. The third-order valence-corrected chi connectivity index (χ3v) is 3.78. The lowest BCUT2D eigenvalue weighted by molar-refractivity contribution is 0.488. The zero-order valence-electron chi connectivity index (χ0n) is 12.6. The van der Waals surface area contributed by atoms with E-state index in [2.05, 4.69) is 6.92 Å². The van der Waals surface area contributed by atoms with Crippen LogP contribution in [0.1, 0.15) is 37.3 Å². The van der Waals surface area contributed by atoms with Crippen LogP contribution in [0.25, 0.3) is 11.1 Å². The molecule has 0 atom stereocenters. The third-order valence-electron chi connectivity index (χ3n) is 3.78. The van der Waals surface area contributed by atoms with E-state index < -0.39 is 34.4 Å². The Kier molecular flexibility index (Phi) is 5.22. The zero-order valence-corrected chi connectivity index (χ0v) is 12.6. The minimum atomic E-state index is -1.28. The molecule has 0 aliphatic carbocycles. The molecule has 0 nitrogen and oxygen atoms in total. The topological polar surface area (TPSA) is 0 Å². The first-order valence-electron chi connectivity index (χ1n) is 7.38. The van der Waals surface area contributed by atoms with Crippen molar-refractivity contribution in [3.63, 3.8) is 0 Å². The van der Waals surface area contributed by atoms with Crippen LogP contribution in [-0.4, -0.2) is 0 Å². The van der Waals surface area contributed by atoms with E-state index in [1.165, 1.54) is 12.1 Å². The highest BCUT2D eigenvalue weighted by Crippen LogP contribution is 2.30. The van der Waals surface area contributed by atoms with Crippen LogP contribution in [0, 0.1) is 30.2 Å². The molecule has 0 heterocycles. The lowest BCUT2D eigenvalue weighted by Gasteiger charge is -2.10. The van der Waals surface area contributed by atoms with Gasteiger partial charge >= 0.3 is 0 Å². The summed E-state index contributed by atoms with van der Waals surface area (Å²) < 4.78 is 55.3. The Hall–Kier alpha value is -1.84. The van der Waals surface area contributed by atoms with Gasteiger partial charge in [0.25, 0.3) is 0 Å². The summed E-state index contributed by atoms with van der Waals surface area (Å²) in [6, 6.07) is 5.19. The summed E-state index contributed by atoms with van der Waals surface area (Å²) in [7, 11) is 0. The van der Waals surface area contributed by atoms with Crippen LogP contribution in [0.2, 0.25) is 0 Å². The number of unbranched alkanes of at least 4 members (excludes halogenated alkanes) is 2. The molecule has 0 radical (unpaired) electrons. The van der Waals surface area contributed by atoms with Crippen LogP contribution in [0.4, 0.5) is 17.6 Å². The van der Waals surface area contributed by atoms with Crippen molar-refractivity contribution in [2.75, 3.05) is 0 Å². The van der Waals surface area contributed by atoms with E-state index in [-0.39, 0.29) is 5.56 Å². The molecule has 0 N–H and O–H groups in total. The van der Waals surface area contributed by atoms with Crippen LogP contribution >= 0.6 is 0 Å². The molecule has 0 saturated heterocycles. The molecule has 0 saturated carbocycles. The molecule has 0 aromatic heterocycles. The van der Waals surface area contributed by atoms with Crippen molar-refractivity contribution < 1.29 is 17.6 Å². The monoisotopic (exact) mass is 310 g/mol. The Morgan fingerprint density at radius 2 is 1.55 bits per heavy atom. The lowest BCUT2D eigenvalue weighted by atomic mass is 9.99. The highest BCUT2D eigenvalue weighted by Gasteiger charge is 2.19. The molecule has 4 heteroatoms. The number of hydrogen-bond donors (Lipinski definition) is 0. The van der Waals surface area contributed by atoms with Gasteiger partial charge in [-0.05, 0) is 37.5 Å². The standard InChI is InChI=1S/C18H18F4/c1-3-4-5-6-12-7-8-13(16(20)9-12)14-10-15(19)11(2)17(21)18(14)22/h7-10H,3-6H2,1-2H3. The maximum atomic E-state index is 14.2. The average Bonchev–Trinajstić information content (AvgIpc) is 2.50. The van der Waals surface area contributed by atoms with Gasteiger partial charge in [0.15, 0.2) is 11.6 Å². The molecular formula is C18H18F4. The molecule has 0 amide bonds. The summed E-state index contributed by atoms with van der Waals surface area (Å²) in [6.45, 7) is 3.22. The Morgan fingerprint density at radius 3 is 2.18 bits per heavy atom. The summed E-state index contributed by atoms with van der Waals surface area (Å²) in [5.74, 6) is -4.06. The number of aryl methyl sites for hydroxylation is 1. The van der Waals surface area contributed by atoms with Crippen molar-refractivity contribution in [2.24, 2.45) is 0 Å². The van der Waals surface area contributed by atoms with Gasteiger partial charge in [0.1, 0.15) is 11.6 Å². The molecule has 2 aromatic carbocycles. The van der Waals surface area contributed by atoms with Crippen LogP contribution in [0.3, 0.4) is 0 Å². The molecule has 0 bridgehead atoms. The van der Waals surface area contributed by atoms with Gasteiger partial charge in [-0.25, -0.2) is 17.6 Å². The summed E-state index contributed by atoms with van der Waals surface area (Å²) in [5.41, 5.74) is -0.131. The fraction of sp³-hybridized carbons (Fsp3) is 0.333. The molecule has 0 aliphatic rings. The lowest BCUT2D eigenvalue weighted by Crippen LogP contribution is -1.99. The molecule has 0 unspecified atom stereocenters. The second-order valence-corrected chi connectivity index (χ2v) is 5.43. The molecule has 2 rings (SSSR count). The molecule has 2 aromatic rings. The minimum absolute atomic E-state index is 0.130. The van der Waals surface area contributed by atoms with Crippen molar-refractivity contribution in [1.29, 1.82) is 0 Å². The normalized spacial score (nSPS) is 11.0. The van der Waals surface area contributed by atoms with Crippen molar-refractivity contribution in [1.82, 2.24) is 0 Å². The van der Waals surface area contributed by atoms with Gasteiger partial charge in [-0.1, -0.05) is 31.9 Å². The summed E-state index contributed by atoms with van der Waals surface area (Å²) in [4.78, 5) is 0. The van der Waals surface area contributed by atoms with Crippen LogP contribution in [0.15, 0.2) is 24.3 Å². The van der Waals surface area contributed by atoms with Gasteiger partial charge in [0.05, 0.1) is 0 Å². The summed E-state index contributed by atoms with van der Waals surface area (Å²) in [5, 5.41) is 0. The second kappa shape index (κ2) is 6.95. The first-order valence-corrected chi connectivity index (χ1v) is 7.38. The average molecular weight is 310 g/mol. The number of halogens is 4. The van der Waals surface area contributed by atoms with Crippen molar-refractivity contribution >= 4 is 0 Å². The summed E-state index contributed by atoms with van der Waals surface area (Å²) >= 11 is 0. The number of hydrogen-bond acceptors (Lipinski definition) is 0. The second-order valence-electron chi connectivity index (χ2n) is 5.43. The van der Waals surface area contributed by atoms with Crippen molar-refractivity contribution in [3.05, 3.63) is 58.7 Å². The van der Waals surface area contributed by atoms with Gasteiger partial charge in [0.2, 0.25) is 0 Å². The Labute approximate surface area is 127 Å². The fourth-order valence-electron chi connectivity index (χ4n) is 2.39. The van der Waals surface area contributed by atoms with Gasteiger partial charge in [0, 0.05) is 16.7 Å². The van der Waals surface area contributed by atoms with Crippen molar-refractivity contribution in [3.8, 4) is 11.1 Å². The van der Waals surface area contributed by atoms with Gasteiger partial charge in [-0.15, -0.1) is 0 Å². The molecule has 0 aliphatic heterocycles. The number of rotatable bonds is 5. The summed E-state index contributed by atoms with van der Waals surface area (Å²) in [6.07, 6.45) is 3.78. The SMILES string of the molecule is CCCCCc1ccc(-c2cc(F)c(C)c(F)c2F)c(F)c1. The zero-order chi connectivity index (χ0) is 16.3. The smallest absolute Gasteiger partial charge is 0.167 e. The third kappa shape index (κ3) is 3.32. The highest BCUT2D eigenvalue weighted by atomic mass is 19.2. The largest absolute Gasteiger partial charge is 0.207 e. The highest BCUT2D eigenvalue weighted by molar-refractivity contribution is 5.66. The van der Waals surface area contributed by atoms with Gasteiger partial charge in [-0.2, -0.15) is 0 Å². The molecular weight excluding hydrogens is 292 g/mol. The Morgan fingerprint density at radius 1 is 0.818 bits per heavy atom. The van der Waals surface area contributed by atoms with Crippen LogP contribution in [-0.2, 0) is 6.42 Å². The molecule has 118 valence electrons. The molecule has 0 fully saturated rings. The number of benzene rings is 2. The Balaban J connectivity index is 2.38. The fourth-order valence-corrected chi connectivity index (χ4v) is 2.39. The van der Waals surface area contributed by atoms with Crippen LogP contribution < -0.4 is 0 Å². The maximum Gasteiger partial charge on any atom is 0.167 e. The van der Waals surface area contributed by atoms with E-state index >= 15 is 0 Å². The van der Waals surface area contributed by atoms with Gasteiger partial charge in [-0.3, -0.25) is 0 Å². The maximum absolute atomic E-state index is 14.2. The Bertz CT molecular complexity index is 677. The van der Waals surface area contributed by atoms with E-state index in [1.807, 2.05) is 0 Å². The first-order chi connectivity index (χ1) is 10.5. The van der Waals surface area contributed by atoms with E-state index in [1.54, 1.807) is 6.07 Å². The molecule has 22 heavy (non-hydrogen) atoms. The minimum Gasteiger partial charge on any atom is -0.207 e. The van der Waals surface area contributed by atoms with Gasteiger partial charge < -0.3 is 0 Å². The van der Waals surface area contributed by atoms with E-state index in [9.17, 15) is 17.6 Å². The van der Waals surface area contributed by atoms with E-state index in [0.717, 1.165) is 44.2 Å². The molecule has 0 spiro atoms. The van der Waals surface area contributed by atoms with Crippen molar-refractivity contribution in [2.45, 2.75) is 39.5 Å². The predicted molar refractivity (Wildman–Crippen MR) is 79.7 cm³/mol. The van der Waals surface area contributed by atoms with E-state index in [0.29, 0.717) is 0 Å². The van der Waals surface area contributed by atoms with Crippen LogP contribution in [0.5, 0.6) is 0 Å². The predicted octanol–water partition coefficient (Wildman–Crippen LogP) is 5.95.